The molecule has 7 heteroatoms. The second kappa shape index (κ2) is 7.11. The summed E-state index contributed by atoms with van der Waals surface area (Å²) in [5.74, 6) is 0.779. The number of aryl methyl sites for hydroxylation is 2. The first kappa shape index (κ1) is 16.1. The van der Waals surface area contributed by atoms with Crippen molar-refractivity contribution in [3.63, 3.8) is 0 Å². The van der Waals surface area contributed by atoms with E-state index in [9.17, 15) is 0 Å². The molecule has 0 aliphatic rings. The van der Waals surface area contributed by atoms with Crippen LogP contribution in [0.4, 0.5) is 0 Å². The van der Waals surface area contributed by atoms with Gasteiger partial charge in [0.2, 0.25) is 0 Å². The van der Waals surface area contributed by atoms with Crippen LogP contribution >= 0.6 is 0 Å². The van der Waals surface area contributed by atoms with Crippen LogP contribution in [0.2, 0.25) is 0 Å². The number of hydrogen-bond donors (Lipinski definition) is 3. The molecular formula is C15H25N7. The molecule has 0 saturated heterocycles. The molecule has 0 bridgehead atoms. The fourth-order valence-corrected chi connectivity index (χ4v) is 2.46. The van der Waals surface area contributed by atoms with E-state index in [2.05, 4.69) is 51.7 Å². The molecule has 0 fully saturated rings. The maximum atomic E-state index is 4.46. The van der Waals surface area contributed by atoms with Gasteiger partial charge in [-0.15, -0.1) is 0 Å². The topological polar surface area (TPSA) is 82.9 Å². The highest BCUT2D eigenvalue weighted by atomic mass is 15.3. The van der Waals surface area contributed by atoms with Crippen molar-refractivity contribution in [2.45, 2.75) is 39.8 Å². The van der Waals surface area contributed by atoms with Crippen LogP contribution in [-0.4, -0.2) is 39.0 Å². The lowest BCUT2D eigenvalue weighted by Crippen LogP contribution is -2.42. The van der Waals surface area contributed by atoms with E-state index in [1.807, 2.05) is 17.8 Å². The molecule has 120 valence electrons. The first-order chi connectivity index (χ1) is 10.5. The molecule has 2 aromatic heterocycles. The van der Waals surface area contributed by atoms with E-state index in [4.69, 9.17) is 0 Å². The fourth-order valence-electron chi connectivity index (χ4n) is 2.46. The van der Waals surface area contributed by atoms with Crippen molar-refractivity contribution in [3.05, 3.63) is 34.9 Å². The molecule has 3 N–H and O–H groups in total. The highest BCUT2D eigenvalue weighted by Crippen LogP contribution is 2.14. The summed E-state index contributed by atoms with van der Waals surface area (Å²) in [7, 11) is 3.75. The van der Waals surface area contributed by atoms with Crippen LogP contribution in [0, 0.1) is 13.8 Å². The number of rotatable bonds is 5. The summed E-state index contributed by atoms with van der Waals surface area (Å²) in [4.78, 5) is 4.26. The van der Waals surface area contributed by atoms with Crippen molar-refractivity contribution in [1.82, 2.24) is 30.6 Å². The van der Waals surface area contributed by atoms with Crippen LogP contribution in [0.25, 0.3) is 0 Å². The number of aromatic amines is 1. The highest BCUT2D eigenvalue weighted by Gasteiger charge is 2.13. The van der Waals surface area contributed by atoms with Crippen LogP contribution in [0.1, 0.15) is 29.6 Å². The largest absolute Gasteiger partial charge is 0.354 e. The smallest absolute Gasteiger partial charge is 0.191 e. The predicted octanol–water partition coefficient (Wildman–Crippen LogP) is 1.06. The lowest BCUT2D eigenvalue weighted by atomic mass is 10.1. The third-order valence-electron chi connectivity index (χ3n) is 3.78. The zero-order valence-electron chi connectivity index (χ0n) is 13.9. The van der Waals surface area contributed by atoms with Crippen molar-refractivity contribution in [2.24, 2.45) is 12.0 Å². The number of aromatic nitrogens is 4. The van der Waals surface area contributed by atoms with E-state index in [0.29, 0.717) is 6.54 Å². The second-order valence-electron chi connectivity index (χ2n) is 5.53. The Morgan fingerprint density at radius 2 is 2.23 bits per heavy atom. The minimum Gasteiger partial charge on any atom is -0.354 e. The zero-order chi connectivity index (χ0) is 16.1. The summed E-state index contributed by atoms with van der Waals surface area (Å²) in [5, 5.41) is 18.0. The average molecular weight is 303 g/mol. The van der Waals surface area contributed by atoms with Gasteiger partial charge in [-0.1, -0.05) is 0 Å². The lowest BCUT2D eigenvalue weighted by Gasteiger charge is -2.18. The Kier molecular flexibility index (Phi) is 5.19. The van der Waals surface area contributed by atoms with E-state index in [1.54, 1.807) is 13.2 Å². The average Bonchev–Trinajstić information content (AvgIpc) is 3.08. The third kappa shape index (κ3) is 3.87. The quantitative estimate of drug-likeness (QED) is 0.570. The molecule has 1 unspecified atom stereocenters. The lowest BCUT2D eigenvalue weighted by molar-refractivity contribution is 0.634. The molecule has 22 heavy (non-hydrogen) atoms. The Balaban J connectivity index is 1.90. The van der Waals surface area contributed by atoms with Crippen LogP contribution in [0.3, 0.4) is 0 Å². The van der Waals surface area contributed by atoms with Crippen LogP contribution in [-0.2, 0) is 20.0 Å². The zero-order valence-corrected chi connectivity index (χ0v) is 13.9. The second-order valence-corrected chi connectivity index (χ2v) is 5.53. The van der Waals surface area contributed by atoms with Gasteiger partial charge in [-0.3, -0.25) is 14.8 Å². The summed E-state index contributed by atoms with van der Waals surface area (Å²) in [5.41, 5.74) is 4.63. The van der Waals surface area contributed by atoms with Crippen LogP contribution < -0.4 is 10.6 Å². The number of nitrogens with zero attached hydrogens (tertiary/aromatic N) is 4. The number of H-pyrrole nitrogens is 1. The molecule has 7 nitrogen and oxygen atoms in total. The van der Waals surface area contributed by atoms with Crippen molar-refractivity contribution in [3.8, 4) is 0 Å². The van der Waals surface area contributed by atoms with E-state index >= 15 is 0 Å². The minimum atomic E-state index is 0.259. The molecule has 0 amide bonds. The Morgan fingerprint density at radius 3 is 2.77 bits per heavy atom. The van der Waals surface area contributed by atoms with E-state index in [1.165, 1.54) is 11.3 Å². The van der Waals surface area contributed by atoms with Gasteiger partial charge in [0.25, 0.3) is 0 Å². The van der Waals surface area contributed by atoms with Gasteiger partial charge in [0, 0.05) is 32.0 Å². The van der Waals surface area contributed by atoms with Gasteiger partial charge in [0.15, 0.2) is 5.96 Å². The van der Waals surface area contributed by atoms with E-state index in [-0.39, 0.29) is 6.04 Å². The molecule has 0 radical (unpaired) electrons. The molecule has 2 heterocycles. The van der Waals surface area contributed by atoms with Gasteiger partial charge in [-0.2, -0.15) is 10.2 Å². The minimum absolute atomic E-state index is 0.259. The van der Waals surface area contributed by atoms with Crippen molar-refractivity contribution < 1.29 is 0 Å². The molecular weight excluding hydrogens is 278 g/mol. The van der Waals surface area contributed by atoms with E-state index in [0.717, 1.165) is 23.8 Å². The molecule has 0 saturated carbocycles. The Morgan fingerprint density at radius 1 is 1.45 bits per heavy atom. The van der Waals surface area contributed by atoms with E-state index < -0.39 is 0 Å². The normalized spacial score (nSPS) is 13.2. The standard InChI is InChI=1S/C15H25N7/c1-10(8-14-11(2)21-22(5)12(14)3)19-15(16-4)17-9-13-6-7-18-20-13/h6-7,10H,8-9H2,1-5H3,(H,18,20)(H2,16,17,19). The fraction of sp³-hybridized carbons (Fsp3) is 0.533. The van der Waals surface area contributed by atoms with Gasteiger partial charge in [0.05, 0.1) is 17.9 Å². The van der Waals surface area contributed by atoms with Crippen LogP contribution in [0.15, 0.2) is 17.3 Å². The molecule has 1 atom stereocenters. The first-order valence-electron chi connectivity index (χ1n) is 7.45. The molecule has 0 aromatic carbocycles. The Labute approximate surface area is 131 Å². The van der Waals surface area contributed by atoms with Gasteiger partial charge in [0.1, 0.15) is 0 Å². The molecule has 0 aliphatic heterocycles. The highest BCUT2D eigenvalue weighted by molar-refractivity contribution is 5.79. The number of aliphatic imine (C=N–C) groups is 1. The van der Waals surface area contributed by atoms with Crippen molar-refractivity contribution in [2.75, 3.05) is 7.05 Å². The van der Waals surface area contributed by atoms with Gasteiger partial charge in [-0.25, -0.2) is 0 Å². The number of hydrogen-bond acceptors (Lipinski definition) is 3. The summed E-state index contributed by atoms with van der Waals surface area (Å²) < 4.78 is 1.93. The molecule has 2 rings (SSSR count). The molecule has 0 aliphatic carbocycles. The number of nitrogens with one attached hydrogen (secondary N) is 3. The van der Waals surface area contributed by atoms with Gasteiger partial charge >= 0.3 is 0 Å². The summed E-state index contributed by atoms with van der Waals surface area (Å²) in [6.45, 7) is 6.97. The molecule has 0 spiro atoms. The maximum absolute atomic E-state index is 4.46. The maximum Gasteiger partial charge on any atom is 0.191 e. The summed E-state index contributed by atoms with van der Waals surface area (Å²) >= 11 is 0. The predicted molar refractivity (Wildman–Crippen MR) is 87.8 cm³/mol. The van der Waals surface area contributed by atoms with Crippen LogP contribution in [0.5, 0.6) is 0 Å². The monoisotopic (exact) mass is 303 g/mol. The van der Waals surface area contributed by atoms with Gasteiger partial charge in [-0.05, 0) is 38.8 Å². The molecule has 2 aromatic rings. The van der Waals surface area contributed by atoms with Crippen molar-refractivity contribution >= 4 is 5.96 Å². The van der Waals surface area contributed by atoms with Crippen molar-refractivity contribution in [1.29, 1.82) is 0 Å². The number of guanidine groups is 1. The first-order valence-corrected chi connectivity index (χ1v) is 7.45. The summed E-state index contributed by atoms with van der Waals surface area (Å²) in [6, 6.07) is 2.20. The Bertz CT molecular complexity index is 625. The Hall–Kier alpha value is -2.31. The SMILES string of the molecule is CN=C(NCc1ccn[nH]1)NC(C)Cc1c(C)nn(C)c1C. The summed E-state index contributed by atoms with van der Waals surface area (Å²) in [6.07, 6.45) is 2.65. The van der Waals surface area contributed by atoms with Gasteiger partial charge < -0.3 is 10.6 Å². The third-order valence-corrected chi connectivity index (χ3v) is 3.78.